The Kier molecular flexibility index (Phi) is 17.8. The monoisotopic (exact) mass is 679 g/mol. The molecule has 0 aromatic carbocycles. The summed E-state index contributed by atoms with van der Waals surface area (Å²) in [6, 6.07) is -3.45. The molecule has 0 saturated carbocycles. The van der Waals surface area contributed by atoms with Crippen molar-refractivity contribution in [2.24, 2.45) is 0 Å². The van der Waals surface area contributed by atoms with Crippen molar-refractivity contribution in [2.45, 2.75) is 106 Å². The largest absolute Gasteiger partial charge is 0.394 e. The molecule has 0 aliphatic carbocycles. The summed E-state index contributed by atoms with van der Waals surface area (Å²) in [6.45, 7) is -0.0104. The number of hydrogen-bond acceptors (Lipinski definition) is 19. The third-order valence-corrected chi connectivity index (χ3v) is 6.91. The molecule has 3 unspecified atom stereocenters. The first-order chi connectivity index (χ1) is 21.4. The predicted octanol–water partition coefficient (Wildman–Crippen LogP) is -10.3. The van der Waals surface area contributed by atoms with E-state index in [-0.39, 0.29) is 0 Å². The van der Waals surface area contributed by atoms with Crippen molar-refractivity contribution in [1.29, 1.82) is 0 Å². The minimum atomic E-state index is -1.56. The van der Waals surface area contributed by atoms with Gasteiger partial charge in [0.25, 0.3) is 0 Å². The smallest absolute Gasteiger partial charge is 0.246 e. The zero-order valence-electron chi connectivity index (χ0n) is 24.8. The van der Waals surface area contributed by atoms with Crippen molar-refractivity contribution in [3.05, 3.63) is 0 Å². The molecular formula is C24H45N3O19. The number of carbonyl (C=O) groups is 3. The fourth-order valence-electron chi connectivity index (χ4n) is 4.46. The van der Waals surface area contributed by atoms with Gasteiger partial charge < -0.3 is 96.5 Å². The van der Waals surface area contributed by atoms with Gasteiger partial charge in [-0.05, 0) is 0 Å². The molecule has 3 rings (SSSR count). The third kappa shape index (κ3) is 11.5. The second-order valence-electron chi connectivity index (χ2n) is 10.4. The van der Waals surface area contributed by atoms with Gasteiger partial charge in [0.15, 0.2) is 18.9 Å². The van der Waals surface area contributed by atoms with E-state index >= 15 is 0 Å². The number of aliphatic hydroxyl groups excluding tert-OH is 13. The van der Waals surface area contributed by atoms with E-state index in [1.54, 1.807) is 0 Å². The summed E-state index contributed by atoms with van der Waals surface area (Å²) in [5.74, 6) is -1.74. The van der Waals surface area contributed by atoms with Crippen LogP contribution in [0.1, 0.15) is 13.8 Å². The topological polar surface area (TPSA) is 378 Å². The first kappa shape index (κ1) is 41.8. The van der Waals surface area contributed by atoms with Gasteiger partial charge in [-0.25, -0.2) is 0 Å². The van der Waals surface area contributed by atoms with Gasteiger partial charge in [-0.3, -0.25) is 14.4 Å². The summed E-state index contributed by atoms with van der Waals surface area (Å²) in [6.07, 6.45) is -16.1. The molecule has 16 N–H and O–H groups in total. The van der Waals surface area contributed by atoms with Crippen LogP contribution in [0.5, 0.6) is 0 Å². The van der Waals surface area contributed by atoms with Crippen LogP contribution in [0.25, 0.3) is 0 Å². The standard InChI is InChI=1S/C8H15NO7.2C8H15NO6/c10-1-3-6(13)7(14)5(8(15)16-3)9-4(12)2-11;2*1-3(11)9-5-7(13)6(12)4(2-10)15-8(5)14/h3,5-8,10-11,13-15H,1-2H2,(H,9,12);2*4-8,10,12-14H,2H2,1H3,(H,9,11)/t3-,5-,6-,7-,8?;4-,5+,6-,7-,8?;4-,5-,6+,7-,8?/m111/s1. The van der Waals surface area contributed by atoms with Gasteiger partial charge in [0.1, 0.15) is 79.7 Å². The number of amides is 3. The van der Waals surface area contributed by atoms with Gasteiger partial charge in [-0.1, -0.05) is 0 Å². The number of aliphatic hydroxyl groups is 13. The molecule has 3 fully saturated rings. The van der Waals surface area contributed by atoms with Gasteiger partial charge >= 0.3 is 0 Å². The third-order valence-electron chi connectivity index (χ3n) is 6.91. The van der Waals surface area contributed by atoms with Gasteiger partial charge in [0, 0.05) is 13.8 Å². The molecule has 3 amide bonds. The van der Waals surface area contributed by atoms with Crippen LogP contribution < -0.4 is 16.0 Å². The lowest BCUT2D eigenvalue weighted by molar-refractivity contribution is -0.254. The van der Waals surface area contributed by atoms with Crippen molar-refractivity contribution < 1.29 is 95.0 Å². The zero-order valence-corrected chi connectivity index (χ0v) is 24.8. The predicted molar refractivity (Wildman–Crippen MR) is 144 cm³/mol. The Morgan fingerprint density at radius 2 is 0.739 bits per heavy atom. The summed E-state index contributed by atoms with van der Waals surface area (Å²) in [7, 11) is 0. The number of nitrogens with one attached hydrogen (secondary N) is 3. The molecule has 0 radical (unpaired) electrons. The summed E-state index contributed by atoms with van der Waals surface area (Å²) in [4.78, 5) is 32.3. The highest BCUT2D eigenvalue weighted by molar-refractivity contribution is 5.77. The molecule has 0 spiro atoms. The summed E-state index contributed by atoms with van der Waals surface area (Å²) < 4.78 is 14.4. The fourth-order valence-corrected chi connectivity index (χ4v) is 4.46. The lowest BCUT2D eigenvalue weighted by Gasteiger charge is -2.40. The Bertz CT molecular complexity index is 902. The summed E-state index contributed by atoms with van der Waals surface area (Å²) in [5.41, 5.74) is 0. The van der Waals surface area contributed by atoms with Crippen LogP contribution in [-0.4, -0.2) is 202 Å². The first-order valence-electron chi connectivity index (χ1n) is 13.8. The Balaban J connectivity index is 0.000000345. The SMILES string of the molecule is CC(=O)N[C@@H]1C(O)O[C@H](CO)[C@@H](O)[C@@H]1O.CC(=O)N[C@H]1C(O)O[C@H](CO)[C@H](O)[C@@H]1O.O=C(CO)N[C@H]1C(O)O[C@H](CO)[C@@H](O)[C@@H]1O. The maximum atomic E-state index is 10.9. The molecule has 3 saturated heterocycles. The summed E-state index contributed by atoms with van der Waals surface area (Å²) in [5, 5.41) is 127. The molecule has 0 aromatic heterocycles. The van der Waals surface area contributed by atoms with Crippen LogP contribution in [0.4, 0.5) is 0 Å². The molecule has 15 atom stereocenters. The van der Waals surface area contributed by atoms with Crippen LogP contribution in [-0.2, 0) is 28.6 Å². The van der Waals surface area contributed by atoms with Crippen molar-refractivity contribution in [3.63, 3.8) is 0 Å². The second kappa shape index (κ2) is 19.6. The lowest BCUT2D eigenvalue weighted by Crippen LogP contribution is -2.64. The van der Waals surface area contributed by atoms with Crippen LogP contribution >= 0.6 is 0 Å². The molecule has 0 aromatic rings. The van der Waals surface area contributed by atoms with Crippen molar-refractivity contribution in [3.8, 4) is 0 Å². The summed E-state index contributed by atoms with van der Waals surface area (Å²) >= 11 is 0. The van der Waals surface area contributed by atoms with Gasteiger partial charge in [-0.2, -0.15) is 0 Å². The molecule has 3 heterocycles. The Morgan fingerprint density at radius 1 is 0.478 bits per heavy atom. The van der Waals surface area contributed by atoms with E-state index < -0.39 is 136 Å². The lowest BCUT2D eigenvalue weighted by atomic mass is 9.97. The van der Waals surface area contributed by atoms with E-state index in [0.717, 1.165) is 0 Å². The van der Waals surface area contributed by atoms with E-state index in [4.69, 9.17) is 34.6 Å². The molecular weight excluding hydrogens is 634 g/mol. The average Bonchev–Trinajstić information content (AvgIpc) is 3.01. The van der Waals surface area contributed by atoms with E-state index in [2.05, 4.69) is 16.0 Å². The highest BCUT2D eigenvalue weighted by atomic mass is 16.6. The number of hydrogen-bond donors (Lipinski definition) is 16. The minimum Gasteiger partial charge on any atom is -0.394 e. The van der Waals surface area contributed by atoms with Crippen molar-refractivity contribution in [1.82, 2.24) is 16.0 Å². The quantitative estimate of drug-likeness (QED) is 0.119. The molecule has 46 heavy (non-hydrogen) atoms. The molecule has 3 aliphatic heterocycles. The van der Waals surface area contributed by atoms with E-state index in [1.807, 2.05) is 0 Å². The van der Waals surface area contributed by atoms with Crippen LogP contribution in [0.3, 0.4) is 0 Å². The maximum absolute atomic E-state index is 10.9. The van der Waals surface area contributed by atoms with Crippen LogP contribution in [0.2, 0.25) is 0 Å². The number of ether oxygens (including phenoxy) is 3. The van der Waals surface area contributed by atoms with E-state index in [1.165, 1.54) is 13.8 Å². The molecule has 270 valence electrons. The fraction of sp³-hybridized carbons (Fsp3) is 0.875. The van der Waals surface area contributed by atoms with Gasteiger partial charge in [0.05, 0.1) is 19.8 Å². The van der Waals surface area contributed by atoms with Crippen molar-refractivity contribution in [2.75, 3.05) is 26.4 Å². The average molecular weight is 680 g/mol. The highest BCUT2D eigenvalue weighted by Crippen LogP contribution is 2.21. The minimum absolute atomic E-state index is 0.462. The van der Waals surface area contributed by atoms with Crippen molar-refractivity contribution >= 4 is 17.7 Å². The Hall–Kier alpha value is -2.23. The highest BCUT2D eigenvalue weighted by Gasteiger charge is 2.46. The molecule has 3 aliphatic rings. The number of rotatable bonds is 7. The van der Waals surface area contributed by atoms with Gasteiger partial charge in [-0.15, -0.1) is 0 Å². The molecule has 22 nitrogen and oxygen atoms in total. The van der Waals surface area contributed by atoms with Crippen LogP contribution in [0.15, 0.2) is 0 Å². The second-order valence-corrected chi connectivity index (χ2v) is 10.4. The van der Waals surface area contributed by atoms with E-state index in [9.17, 15) is 60.3 Å². The zero-order chi connectivity index (χ0) is 35.5. The number of carbonyl (C=O) groups excluding carboxylic acids is 3. The Morgan fingerprint density at radius 3 is 0.957 bits per heavy atom. The van der Waals surface area contributed by atoms with Gasteiger partial charge in [0.2, 0.25) is 17.7 Å². The first-order valence-corrected chi connectivity index (χ1v) is 13.8. The Labute approximate surface area is 261 Å². The van der Waals surface area contributed by atoms with Crippen LogP contribution in [0, 0.1) is 0 Å². The molecule has 22 heteroatoms. The van der Waals surface area contributed by atoms with E-state index in [0.29, 0.717) is 0 Å². The maximum Gasteiger partial charge on any atom is 0.246 e. The molecule has 0 bridgehead atoms. The normalized spacial score (nSPS) is 40.6.